The van der Waals surface area contributed by atoms with Crippen molar-refractivity contribution >= 4 is 0 Å². The van der Waals surface area contributed by atoms with E-state index in [1.54, 1.807) is 0 Å². The van der Waals surface area contributed by atoms with Gasteiger partial charge in [0.1, 0.15) is 0 Å². The van der Waals surface area contributed by atoms with Crippen LogP contribution in [-0.2, 0) is 13.6 Å². The first-order valence-electron chi connectivity index (χ1n) is 10.7. The van der Waals surface area contributed by atoms with Crippen molar-refractivity contribution < 1.29 is 0 Å². The summed E-state index contributed by atoms with van der Waals surface area (Å²) in [5.41, 5.74) is 5.27. The molecule has 1 aliphatic carbocycles. The van der Waals surface area contributed by atoms with Crippen LogP contribution in [0.2, 0.25) is 0 Å². The van der Waals surface area contributed by atoms with Gasteiger partial charge in [-0.1, -0.05) is 43.5 Å². The lowest BCUT2D eigenvalue weighted by Gasteiger charge is -2.37. The second-order valence-corrected chi connectivity index (χ2v) is 8.70. The second-order valence-electron chi connectivity index (χ2n) is 8.70. The fourth-order valence-electron chi connectivity index (χ4n) is 4.75. The standard InChI is InChI=1S/C23H34N4/c1-18-15-27(14-13-25(18)2)17-22-16-26(3)24-23(22)21-11-9-20(10-12-21)19-7-5-4-6-8-19/h9-12,16,18-19H,4-8,13-15,17H2,1-3H3/t18-/m0/s1. The summed E-state index contributed by atoms with van der Waals surface area (Å²) in [6.07, 6.45) is 9.11. The minimum Gasteiger partial charge on any atom is -0.301 e. The molecule has 1 aromatic carbocycles. The molecule has 1 saturated heterocycles. The topological polar surface area (TPSA) is 24.3 Å². The van der Waals surface area contributed by atoms with E-state index < -0.39 is 0 Å². The van der Waals surface area contributed by atoms with E-state index in [2.05, 4.69) is 54.2 Å². The number of aromatic nitrogens is 2. The highest BCUT2D eigenvalue weighted by molar-refractivity contribution is 5.63. The molecule has 27 heavy (non-hydrogen) atoms. The average molecular weight is 367 g/mol. The van der Waals surface area contributed by atoms with Crippen LogP contribution in [0.5, 0.6) is 0 Å². The van der Waals surface area contributed by atoms with Gasteiger partial charge in [-0.15, -0.1) is 0 Å². The van der Waals surface area contributed by atoms with Gasteiger partial charge >= 0.3 is 0 Å². The molecule has 2 heterocycles. The Labute approximate surface area is 164 Å². The van der Waals surface area contributed by atoms with Crippen molar-refractivity contribution in [3.05, 3.63) is 41.6 Å². The van der Waals surface area contributed by atoms with Crippen molar-refractivity contribution in [2.24, 2.45) is 7.05 Å². The predicted octanol–water partition coefficient (Wildman–Crippen LogP) is 4.27. The summed E-state index contributed by atoms with van der Waals surface area (Å²) >= 11 is 0. The minimum absolute atomic E-state index is 0.619. The lowest BCUT2D eigenvalue weighted by molar-refractivity contribution is 0.100. The van der Waals surface area contributed by atoms with Gasteiger partial charge in [0.05, 0.1) is 5.69 Å². The number of aryl methyl sites for hydroxylation is 1. The highest BCUT2D eigenvalue weighted by atomic mass is 15.3. The van der Waals surface area contributed by atoms with Crippen molar-refractivity contribution in [2.45, 2.75) is 57.5 Å². The summed E-state index contributed by atoms with van der Waals surface area (Å²) in [6, 6.07) is 9.91. The molecule has 2 fully saturated rings. The normalized spacial score (nSPS) is 23.0. The minimum atomic E-state index is 0.619. The molecule has 0 N–H and O–H groups in total. The quantitative estimate of drug-likeness (QED) is 0.807. The maximum absolute atomic E-state index is 4.80. The Morgan fingerprint density at radius 2 is 1.74 bits per heavy atom. The van der Waals surface area contributed by atoms with E-state index in [9.17, 15) is 0 Å². The average Bonchev–Trinajstić information content (AvgIpc) is 3.06. The zero-order chi connectivity index (χ0) is 18.8. The van der Waals surface area contributed by atoms with Gasteiger partial charge in [-0.2, -0.15) is 5.10 Å². The van der Waals surface area contributed by atoms with Crippen LogP contribution >= 0.6 is 0 Å². The number of piperazine rings is 1. The third kappa shape index (κ3) is 4.27. The van der Waals surface area contributed by atoms with E-state index in [1.807, 2.05) is 11.7 Å². The molecule has 0 bridgehead atoms. The van der Waals surface area contributed by atoms with Crippen LogP contribution in [0.1, 0.15) is 56.1 Å². The zero-order valence-electron chi connectivity index (χ0n) is 17.2. The molecule has 0 unspecified atom stereocenters. The van der Waals surface area contributed by atoms with Crippen LogP contribution in [0.3, 0.4) is 0 Å². The first-order valence-corrected chi connectivity index (χ1v) is 10.7. The van der Waals surface area contributed by atoms with Crippen LogP contribution in [0.4, 0.5) is 0 Å². The summed E-state index contributed by atoms with van der Waals surface area (Å²) in [7, 11) is 4.27. The second kappa shape index (κ2) is 8.15. The van der Waals surface area contributed by atoms with Gasteiger partial charge in [0.15, 0.2) is 0 Å². The Balaban J connectivity index is 1.50. The summed E-state index contributed by atoms with van der Waals surface area (Å²) < 4.78 is 1.97. The van der Waals surface area contributed by atoms with Crippen molar-refractivity contribution in [2.75, 3.05) is 26.7 Å². The molecule has 0 spiro atoms. The molecule has 4 nitrogen and oxygen atoms in total. The van der Waals surface area contributed by atoms with Crippen molar-refractivity contribution in [1.29, 1.82) is 0 Å². The molecule has 1 saturated carbocycles. The fourth-order valence-corrected chi connectivity index (χ4v) is 4.75. The van der Waals surface area contributed by atoms with Crippen LogP contribution in [0.25, 0.3) is 11.3 Å². The smallest absolute Gasteiger partial charge is 0.0968 e. The van der Waals surface area contributed by atoms with Crippen LogP contribution in [0.15, 0.2) is 30.5 Å². The number of likely N-dealkylation sites (N-methyl/N-ethyl adjacent to an activating group) is 1. The molecule has 1 aromatic heterocycles. The van der Waals surface area contributed by atoms with Gasteiger partial charge in [0.2, 0.25) is 0 Å². The third-order valence-electron chi connectivity index (χ3n) is 6.60. The predicted molar refractivity (Wildman–Crippen MR) is 112 cm³/mol. The van der Waals surface area contributed by atoms with E-state index >= 15 is 0 Å². The molecule has 0 amide bonds. The van der Waals surface area contributed by atoms with Gasteiger partial charge in [0, 0.05) is 56.6 Å². The SMILES string of the molecule is C[C@H]1CN(Cc2cn(C)nc2-c2ccc(C3CCCCC3)cc2)CCN1C. The molecule has 1 atom stereocenters. The highest BCUT2D eigenvalue weighted by Crippen LogP contribution is 2.34. The molecule has 2 aromatic rings. The molecule has 1 aliphatic heterocycles. The summed E-state index contributed by atoms with van der Waals surface area (Å²) in [6.45, 7) is 6.72. The molecule has 2 aliphatic rings. The number of hydrogen-bond acceptors (Lipinski definition) is 3. The van der Waals surface area contributed by atoms with Crippen molar-refractivity contribution in [3.8, 4) is 11.3 Å². The van der Waals surface area contributed by atoms with E-state index in [0.29, 0.717) is 6.04 Å². The van der Waals surface area contributed by atoms with Gasteiger partial charge in [-0.05, 0) is 38.3 Å². The number of nitrogens with zero attached hydrogens (tertiary/aromatic N) is 4. The monoisotopic (exact) mass is 366 g/mol. The highest BCUT2D eigenvalue weighted by Gasteiger charge is 2.22. The summed E-state index contributed by atoms with van der Waals surface area (Å²) in [4.78, 5) is 5.02. The number of benzene rings is 1. The Bertz CT molecular complexity index is 742. The Morgan fingerprint density at radius 1 is 1.00 bits per heavy atom. The fraction of sp³-hybridized carbons (Fsp3) is 0.609. The van der Waals surface area contributed by atoms with Crippen LogP contribution in [-0.4, -0.2) is 52.3 Å². The first kappa shape index (κ1) is 18.7. The Hall–Kier alpha value is -1.65. The maximum atomic E-state index is 4.80. The summed E-state index contributed by atoms with van der Waals surface area (Å²) in [5.74, 6) is 0.767. The Morgan fingerprint density at radius 3 is 2.44 bits per heavy atom. The van der Waals surface area contributed by atoms with Crippen LogP contribution in [0, 0.1) is 0 Å². The van der Waals surface area contributed by atoms with Gasteiger partial charge < -0.3 is 4.90 Å². The van der Waals surface area contributed by atoms with E-state index in [1.165, 1.54) is 48.8 Å². The van der Waals surface area contributed by atoms with Crippen molar-refractivity contribution in [3.63, 3.8) is 0 Å². The third-order valence-corrected chi connectivity index (χ3v) is 6.60. The molecule has 0 radical (unpaired) electrons. The number of hydrogen-bond donors (Lipinski definition) is 0. The first-order chi connectivity index (χ1) is 13.1. The summed E-state index contributed by atoms with van der Waals surface area (Å²) in [5, 5.41) is 4.80. The zero-order valence-corrected chi connectivity index (χ0v) is 17.2. The van der Waals surface area contributed by atoms with Crippen molar-refractivity contribution in [1.82, 2.24) is 19.6 Å². The molecular weight excluding hydrogens is 332 g/mol. The molecule has 146 valence electrons. The lowest BCUT2D eigenvalue weighted by atomic mass is 9.84. The largest absolute Gasteiger partial charge is 0.301 e. The Kier molecular flexibility index (Phi) is 5.65. The molecule has 4 heteroatoms. The maximum Gasteiger partial charge on any atom is 0.0968 e. The molecular formula is C23H34N4. The number of rotatable bonds is 4. The van der Waals surface area contributed by atoms with Gasteiger partial charge in [-0.25, -0.2) is 0 Å². The van der Waals surface area contributed by atoms with E-state index in [-0.39, 0.29) is 0 Å². The van der Waals surface area contributed by atoms with E-state index in [4.69, 9.17) is 5.10 Å². The van der Waals surface area contributed by atoms with Gasteiger partial charge in [0.25, 0.3) is 0 Å². The van der Waals surface area contributed by atoms with Crippen LogP contribution < -0.4 is 0 Å². The van der Waals surface area contributed by atoms with E-state index in [0.717, 1.165) is 37.8 Å². The molecule has 4 rings (SSSR count). The lowest BCUT2D eigenvalue weighted by Crippen LogP contribution is -2.49. The van der Waals surface area contributed by atoms with Gasteiger partial charge in [-0.3, -0.25) is 9.58 Å².